The fourth-order valence-corrected chi connectivity index (χ4v) is 4.11. The Bertz CT molecular complexity index is 647. The normalized spacial score (nSPS) is 20.8. The van der Waals surface area contributed by atoms with E-state index < -0.39 is 26.7 Å². The van der Waals surface area contributed by atoms with Gasteiger partial charge in [-0.05, 0) is 25.0 Å². The van der Waals surface area contributed by atoms with E-state index in [4.69, 9.17) is 5.73 Å². The maximum atomic E-state index is 13.8. The highest BCUT2D eigenvalue weighted by molar-refractivity contribution is 7.92. The number of halogens is 2. The van der Waals surface area contributed by atoms with Gasteiger partial charge in [0.1, 0.15) is 4.99 Å². The molecule has 1 aromatic carbocycles. The van der Waals surface area contributed by atoms with E-state index in [2.05, 4.69) is 17.5 Å². The van der Waals surface area contributed by atoms with Crippen LogP contribution in [0.5, 0.6) is 0 Å². The van der Waals surface area contributed by atoms with E-state index in [0.29, 0.717) is 12.8 Å². The van der Waals surface area contributed by atoms with Crippen LogP contribution in [0.25, 0.3) is 0 Å². The maximum Gasteiger partial charge on any atom is 0.182 e. The molecule has 0 aromatic heterocycles. The van der Waals surface area contributed by atoms with Gasteiger partial charge in [0.15, 0.2) is 21.5 Å². The molecule has 1 saturated heterocycles. The molecule has 1 aromatic rings. The number of hydrogen-bond donors (Lipinski definition) is 2. The van der Waals surface area contributed by atoms with E-state index in [1.165, 1.54) is 12.1 Å². The molecule has 1 unspecified atom stereocenters. The summed E-state index contributed by atoms with van der Waals surface area (Å²) < 4.78 is 50.7. The molecule has 3 N–H and O–H groups in total. The lowest BCUT2D eigenvalue weighted by Gasteiger charge is -2.13. The molecule has 0 amide bonds. The lowest BCUT2D eigenvalue weighted by molar-refractivity contribution is 0.509. The van der Waals surface area contributed by atoms with Gasteiger partial charge in [0, 0.05) is 12.1 Å². The van der Waals surface area contributed by atoms with Gasteiger partial charge in [0.05, 0.1) is 16.7 Å². The Balaban J connectivity index is 2.15. The smallest absolute Gasteiger partial charge is 0.182 e. The maximum absolute atomic E-state index is 13.8. The minimum absolute atomic E-state index is 0.0606. The Morgan fingerprint density at radius 2 is 2.10 bits per heavy atom. The second-order valence-electron chi connectivity index (χ2n) is 4.67. The van der Waals surface area contributed by atoms with Crippen molar-refractivity contribution in [3.05, 3.63) is 29.3 Å². The lowest BCUT2D eigenvalue weighted by Crippen LogP contribution is -2.25. The van der Waals surface area contributed by atoms with Crippen LogP contribution in [0.3, 0.4) is 0 Å². The van der Waals surface area contributed by atoms with Crippen molar-refractivity contribution in [3.63, 3.8) is 0 Å². The van der Waals surface area contributed by atoms with E-state index >= 15 is 0 Å². The first-order chi connectivity index (χ1) is 9.33. The SMILES string of the molecule is NC(=S)c1ccc(NCC2CCCS2(=O)=O)c(F)c1F. The van der Waals surface area contributed by atoms with Crippen molar-refractivity contribution < 1.29 is 17.2 Å². The molecule has 0 radical (unpaired) electrons. The first-order valence-corrected chi connectivity index (χ1v) is 8.18. The average Bonchev–Trinajstić information content (AvgIpc) is 2.70. The van der Waals surface area contributed by atoms with Gasteiger partial charge in [-0.15, -0.1) is 0 Å². The third kappa shape index (κ3) is 2.90. The highest BCUT2D eigenvalue weighted by atomic mass is 32.2. The Morgan fingerprint density at radius 1 is 1.40 bits per heavy atom. The summed E-state index contributed by atoms with van der Waals surface area (Å²) in [6, 6.07) is 2.57. The number of thiocarbonyl (C=S) groups is 1. The third-order valence-corrected chi connectivity index (χ3v) is 5.83. The fraction of sp³-hybridized carbons (Fsp3) is 0.417. The zero-order chi connectivity index (χ0) is 14.9. The van der Waals surface area contributed by atoms with Gasteiger partial charge in [-0.25, -0.2) is 17.2 Å². The number of benzene rings is 1. The molecule has 1 heterocycles. The van der Waals surface area contributed by atoms with E-state index in [-0.39, 0.29) is 28.5 Å². The summed E-state index contributed by atoms with van der Waals surface area (Å²) in [5.41, 5.74) is 5.00. The average molecular weight is 320 g/mol. The van der Waals surface area contributed by atoms with Crippen molar-refractivity contribution in [2.24, 2.45) is 5.73 Å². The van der Waals surface area contributed by atoms with Crippen LogP contribution in [-0.4, -0.2) is 31.0 Å². The Labute approximate surface area is 121 Å². The number of nitrogens with one attached hydrogen (secondary N) is 1. The predicted molar refractivity (Wildman–Crippen MR) is 77.5 cm³/mol. The van der Waals surface area contributed by atoms with Crippen molar-refractivity contribution in [2.45, 2.75) is 18.1 Å². The Morgan fingerprint density at radius 3 is 2.65 bits per heavy atom. The van der Waals surface area contributed by atoms with Crippen LogP contribution in [0.15, 0.2) is 12.1 Å². The van der Waals surface area contributed by atoms with E-state index in [9.17, 15) is 17.2 Å². The summed E-state index contributed by atoms with van der Waals surface area (Å²) in [5, 5.41) is 2.08. The van der Waals surface area contributed by atoms with Crippen molar-refractivity contribution >= 4 is 32.7 Å². The topological polar surface area (TPSA) is 72.2 Å². The first kappa shape index (κ1) is 15.1. The molecule has 1 fully saturated rings. The minimum atomic E-state index is -3.12. The molecule has 4 nitrogen and oxygen atoms in total. The predicted octanol–water partition coefficient (Wildman–Crippen LogP) is 1.59. The van der Waals surface area contributed by atoms with E-state index in [1.807, 2.05) is 0 Å². The van der Waals surface area contributed by atoms with Crippen molar-refractivity contribution in [2.75, 3.05) is 17.6 Å². The number of nitrogens with two attached hydrogens (primary N) is 1. The van der Waals surface area contributed by atoms with Gasteiger partial charge < -0.3 is 11.1 Å². The molecular weight excluding hydrogens is 306 g/mol. The second kappa shape index (κ2) is 5.61. The van der Waals surface area contributed by atoms with Gasteiger partial charge in [0.25, 0.3) is 0 Å². The van der Waals surface area contributed by atoms with Gasteiger partial charge in [0.2, 0.25) is 0 Å². The highest BCUT2D eigenvalue weighted by Gasteiger charge is 2.31. The minimum Gasteiger partial charge on any atom is -0.389 e. The number of hydrogen-bond acceptors (Lipinski definition) is 4. The van der Waals surface area contributed by atoms with Crippen LogP contribution in [0.2, 0.25) is 0 Å². The van der Waals surface area contributed by atoms with Crippen LogP contribution < -0.4 is 11.1 Å². The molecule has 1 aliphatic heterocycles. The van der Waals surface area contributed by atoms with Crippen LogP contribution in [-0.2, 0) is 9.84 Å². The molecule has 1 atom stereocenters. The first-order valence-electron chi connectivity index (χ1n) is 6.06. The summed E-state index contributed by atoms with van der Waals surface area (Å²) in [5.74, 6) is -2.08. The Hall–Kier alpha value is -1.28. The van der Waals surface area contributed by atoms with Gasteiger partial charge in [-0.2, -0.15) is 0 Å². The zero-order valence-corrected chi connectivity index (χ0v) is 12.2. The molecule has 1 aliphatic rings. The molecule has 0 aliphatic carbocycles. The summed E-state index contributed by atoms with van der Waals surface area (Å²) in [6.07, 6.45) is 1.14. The molecule has 110 valence electrons. The summed E-state index contributed by atoms with van der Waals surface area (Å²) in [4.78, 5) is -0.230. The summed E-state index contributed by atoms with van der Waals surface area (Å²) >= 11 is 4.61. The molecule has 20 heavy (non-hydrogen) atoms. The molecule has 0 spiro atoms. The third-order valence-electron chi connectivity index (χ3n) is 3.33. The van der Waals surface area contributed by atoms with E-state index in [1.54, 1.807) is 0 Å². The van der Waals surface area contributed by atoms with Crippen LogP contribution in [0.1, 0.15) is 18.4 Å². The number of rotatable bonds is 4. The zero-order valence-electron chi connectivity index (χ0n) is 10.5. The Kier molecular flexibility index (Phi) is 4.24. The van der Waals surface area contributed by atoms with Crippen LogP contribution in [0, 0.1) is 11.6 Å². The quantitative estimate of drug-likeness (QED) is 0.824. The largest absolute Gasteiger partial charge is 0.389 e. The van der Waals surface area contributed by atoms with Crippen molar-refractivity contribution in [3.8, 4) is 0 Å². The van der Waals surface area contributed by atoms with Crippen LogP contribution >= 0.6 is 12.2 Å². The molecule has 0 saturated carbocycles. The van der Waals surface area contributed by atoms with Crippen LogP contribution in [0.4, 0.5) is 14.5 Å². The van der Waals surface area contributed by atoms with E-state index in [0.717, 1.165) is 0 Å². The van der Waals surface area contributed by atoms with Crippen molar-refractivity contribution in [1.29, 1.82) is 0 Å². The molecule has 8 heteroatoms. The standard InChI is InChI=1S/C12H14F2N2O2S2/c13-10-8(12(15)19)3-4-9(11(10)14)16-6-7-2-1-5-20(7,17)18/h3-4,7,16H,1-2,5-6H2,(H2,15,19). The number of sulfone groups is 1. The number of anilines is 1. The van der Waals surface area contributed by atoms with Gasteiger partial charge in [-0.1, -0.05) is 12.2 Å². The highest BCUT2D eigenvalue weighted by Crippen LogP contribution is 2.24. The monoisotopic (exact) mass is 320 g/mol. The van der Waals surface area contributed by atoms with Crippen molar-refractivity contribution in [1.82, 2.24) is 0 Å². The fourth-order valence-electron chi connectivity index (χ4n) is 2.19. The van der Waals surface area contributed by atoms with Gasteiger partial charge in [-0.3, -0.25) is 0 Å². The molecular formula is C12H14F2N2O2S2. The summed E-state index contributed by atoms with van der Waals surface area (Å²) in [6.45, 7) is 0.0606. The lowest BCUT2D eigenvalue weighted by atomic mass is 10.1. The molecule has 0 bridgehead atoms. The second-order valence-corrected chi connectivity index (χ2v) is 7.51. The molecule has 2 rings (SSSR count). The van der Waals surface area contributed by atoms with Gasteiger partial charge >= 0.3 is 0 Å². The summed E-state index contributed by atoms with van der Waals surface area (Å²) in [7, 11) is -3.12.